The second-order valence-electron chi connectivity index (χ2n) is 6.32. The van der Waals surface area contributed by atoms with E-state index in [0.29, 0.717) is 31.2 Å². The number of hydrogen-bond acceptors (Lipinski definition) is 6. The second kappa shape index (κ2) is 7.91. The molecular formula is C18H16F3N3O4. The summed E-state index contributed by atoms with van der Waals surface area (Å²) < 4.78 is 41.7. The van der Waals surface area contributed by atoms with Gasteiger partial charge in [0.25, 0.3) is 0 Å². The van der Waals surface area contributed by atoms with Gasteiger partial charge >= 0.3 is 12.1 Å². The maximum absolute atomic E-state index is 12.5. The molecule has 0 spiro atoms. The first kappa shape index (κ1) is 19.7. The number of nitrogens with zero attached hydrogens (tertiary/aromatic N) is 3. The summed E-state index contributed by atoms with van der Waals surface area (Å²) in [4.78, 5) is 40.2. The van der Waals surface area contributed by atoms with Gasteiger partial charge in [0.05, 0.1) is 0 Å². The highest BCUT2D eigenvalue weighted by atomic mass is 19.4. The summed E-state index contributed by atoms with van der Waals surface area (Å²) in [5, 5.41) is 3.28. The van der Waals surface area contributed by atoms with Crippen LogP contribution >= 0.6 is 0 Å². The van der Waals surface area contributed by atoms with Crippen LogP contribution in [0.2, 0.25) is 0 Å². The van der Waals surface area contributed by atoms with E-state index in [-0.39, 0.29) is 42.0 Å². The van der Waals surface area contributed by atoms with E-state index in [0.717, 1.165) is 0 Å². The molecule has 0 bridgehead atoms. The van der Waals surface area contributed by atoms with E-state index in [1.165, 1.54) is 29.2 Å². The van der Waals surface area contributed by atoms with Crippen LogP contribution in [0.1, 0.15) is 48.4 Å². The van der Waals surface area contributed by atoms with Gasteiger partial charge in [0.15, 0.2) is 5.78 Å². The Morgan fingerprint density at radius 1 is 1.11 bits per heavy atom. The van der Waals surface area contributed by atoms with Gasteiger partial charge in [-0.2, -0.15) is 18.2 Å². The largest absolute Gasteiger partial charge is 0.471 e. The molecule has 1 aromatic heterocycles. The van der Waals surface area contributed by atoms with Crippen LogP contribution in [0.5, 0.6) is 0 Å². The molecule has 28 heavy (non-hydrogen) atoms. The third-order valence-electron chi connectivity index (χ3n) is 4.30. The minimum Gasteiger partial charge on any atom is -0.329 e. The molecule has 2 aromatic rings. The summed E-state index contributed by atoms with van der Waals surface area (Å²) in [5.74, 6) is -2.30. The summed E-state index contributed by atoms with van der Waals surface area (Å²) in [5.41, 5.74) is 0.639. The molecule has 1 saturated heterocycles. The minimum atomic E-state index is -4.72. The third kappa shape index (κ3) is 4.44. The molecule has 148 valence electrons. The Bertz CT molecular complexity index is 874. The Kier molecular flexibility index (Phi) is 5.57. The zero-order chi connectivity index (χ0) is 20.3. The highest BCUT2D eigenvalue weighted by Crippen LogP contribution is 2.29. The molecular weight excluding hydrogens is 379 g/mol. The number of amides is 2. The minimum absolute atomic E-state index is 0.136. The van der Waals surface area contributed by atoms with Gasteiger partial charge in [-0.1, -0.05) is 29.4 Å². The summed E-state index contributed by atoms with van der Waals surface area (Å²) >= 11 is 0. The first-order valence-corrected chi connectivity index (χ1v) is 8.63. The van der Waals surface area contributed by atoms with Gasteiger partial charge in [-0.05, 0) is 12.8 Å². The van der Waals surface area contributed by atoms with Gasteiger partial charge in [0.2, 0.25) is 17.6 Å². The molecule has 1 aliphatic rings. The average molecular weight is 395 g/mol. The first-order chi connectivity index (χ1) is 13.3. The van der Waals surface area contributed by atoms with Crippen LogP contribution in [0, 0.1) is 0 Å². The molecule has 1 fully saturated rings. The number of halogens is 3. The highest BCUT2D eigenvalue weighted by Gasteiger charge is 2.38. The SMILES string of the molecule is O=C(CCCN1C(=O)CCCC1=O)c1ccc(-c2noc(C(F)(F)F)n2)cc1. The number of alkyl halides is 3. The number of imide groups is 1. The number of piperidine rings is 1. The van der Waals surface area contributed by atoms with Crippen molar-refractivity contribution in [3.8, 4) is 11.4 Å². The predicted molar refractivity (Wildman–Crippen MR) is 88.9 cm³/mol. The number of hydrogen-bond donors (Lipinski definition) is 0. The number of likely N-dealkylation sites (tertiary alicyclic amines) is 1. The number of ketones is 1. The molecule has 2 heterocycles. The summed E-state index contributed by atoms with van der Waals surface area (Å²) in [6.45, 7) is 0.199. The van der Waals surface area contributed by atoms with Crippen LogP contribution < -0.4 is 0 Å². The van der Waals surface area contributed by atoms with E-state index in [1.807, 2.05) is 0 Å². The normalized spacial score (nSPS) is 15.2. The molecule has 0 saturated carbocycles. The van der Waals surface area contributed by atoms with E-state index in [1.54, 1.807) is 0 Å². The Morgan fingerprint density at radius 2 is 1.75 bits per heavy atom. The van der Waals surface area contributed by atoms with Gasteiger partial charge < -0.3 is 4.52 Å². The molecule has 1 aromatic carbocycles. The van der Waals surface area contributed by atoms with Crippen molar-refractivity contribution in [1.82, 2.24) is 15.0 Å². The van der Waals surface area contributed by atoms with Crippen molar-refractivity contribution in [1.29, 1.82) is 0 Å². The quantitative estimate of drug-likeness (QED) is 0.551. The fourth-order valence-electron chi connectivity index (χ4n) is 2.85. The van der Waals surface area contributed by atoms with E-state index in [9.17, 15) is 27.6 Å². The number of carbonyl (C=O) groups excluding carboxylic acids is 3. The van der Waals surface area contributed by atoms with E-state index in [2.05, 4.69) is 14.7 Å². The van der Waals surface area contributed by atoms with Gasteiger partial charge in [-0.3, -0.25) is 19.3 Å². The van der Waals surface area contributed by atoms with Crippen molar-refractivity contribution in [2.45, 2.75) is 38.3 Å². The smallest absolute Gasteiger partial charge is 0.329 e. The molecule has 3 rings (SSSR count). The molecule has 0 radical (unpaired) electrons. The van der Waals surface area contributed by atoms with Crippen LogP contribution in [0.4, 0.5) is 13.2 Å². The maximum atomic E-state index is 12.5. The number of aromatic nitrogens is 2. The highest BCUT2D eigenvalue weighted by molar-refractivity contribution is 5.98. The molecule has 0 aliphatic carbocycles. The monoisotopic (exact) mass is 395 g/mol. The van der Waals surface area contributed by atoms with Crippen molar-refractivity contribution < 1.29 is 32.1 Å². The van der Waals surface area contributed by atoms with Crippen molar-refractivity contribution in [2.75, 3.05) is 6.54 Å². The number of rotatable bonds is 6. The summed E-state index contributed by atoms with van der Waals surface area (Å²) in [6, 6.07) is 5.77. The third-order valence-corrected chi connectivity index (χ3v) is 4.30. The molecule has 2 amide bonds. The van der Waals surface area contributed by atoms with Gasteiger partial charge in [0, 0.05) is 36.9 Å². The topological polar surface area (TPSA) is 93.4 Å². The van der Waals surface area contributed by atoms with Crippen LogP contribution in [0.3, 0.4) is 0 Å². The fourth-order valence-corrected chi connectivity index (χ4v) is 2.85. The van der Waals surface area contributed by atoms with Gasteiger partial charge in [-0.25, -0.2) is 0 Å². The lowest BCUT2D eigenvalue weighted by atomic mass is 10.0. The van der Waals surface area contributed by atoms with Crippen molar-refractivity contribution in [2.24, 2.45) is 0 Å². The van der Waals surface area contributed by atoms with E-state index >= 15 is 0 Å². The molecule has 0 N–H and O–H groups in total. The molecule has 7 nitrogen and oxygen atoms in total. The van der Waals surface area contributed by atoms with Gasteiger partial charge in [-0.15, -0.1) is 0 Å². The molecule has 0 unspecified atom stereocenters. The van der Waals surface area contributed by atoms with Crippen molar-refractivity contribution in [3.63, 3.8) is 0 Å². The van der Waals surface area contributed by atoms with Crippen LogP contribution in [0.25, 0.3) is 11.4 Å². The van der Waals surface area contributed by atoms with Crippen LogP contribution in [0.15, 0.2) is 28.8 Å². The van der Waals surface area contributed by atoms with E-state index in [4.69, 9.17) is 0 Å². The molecule has 10 heteroatoms. The Morgan fingerprint density at radius 3 is 2.32 bits per heavy atom. The lowest BCUT2D eigenvalue weighted by Crippen LogP contribution is -2.40. The second-order valence-corrected chi connectivity index (χ2v) is 6.32. The van der Waals surface area contributed by atoms with Crippen molar-refractivity contribution in [3.05, 3.63) is 35.7 Å². The summed E-state index contributed by atoms with van der Waals surface area (Å²) in [6.07, 6.45) is -3.00. The van der Waals surface area contributed by atoms with Crippen LogP contribution in [-0.4, -0.2) is 39.2 Å². The Balaban J connectivity index is 1.57. The molecule has 0 atom stereocenters. The fraction of sp³-hybridized carbons (Fsp3) is 0.389. The van der Waals surface area contributed by atoms with Crippen molar-refractivity contribution >= 4 is 17.6 Å². The Hall–Kier alpha value is -3.04. The first-order valence-electron chi connectivity index (χ1n) is 8.63. The van der Waals surface area contributed by atoms with E-state index < -0.39 is 12.1 Å². The summed E-state index contributed by atoms with van der Waals surface area (Å²) in [7, 11) is 0. The maximum Gasteiger partial charge on any atom is 0.471 e. The zero-order valence-electron chi connectivity index (χ0n) is 14.7. The zero-order valence-corrected chi connectivity index (χ0v) is 14.7. The number of benzene rings is 1. The Labute approximate surface area is 157 Å². The van der Waals surface area contributed by atoms with Crippen LogP contribution in [-0.2, 0) is 15.8 Å². The van der Waals surface area contributed by atoms with Gasteiger partial charge in [0.1, 0.15) is 0 Å². The molecule has 1 aliphatic heterocycles. The lowest BCUT2D eigenvalue weighted by molar-refractivity contribution is -0.159. The number of Topliss-reactive ketones (excluding diaryl/α,β-unsaturated/α-hetero) is 1. The average Bonchev–Trinajstić information content (AvgIpc) is 3.15. The standard InChI is InChI=1S/C18H16F3N3O4/c19-18(20,21)17-22-16(23-28-17)12-8-6-11(7-9-12)13(25)3-2-10-24-14(26)4-1-5-15(24)27/h6-9H,1-5,10H2. The number of carbonyl (C=O) groups is 3. The predicted octanol–water partition coefficient (Wildman–Crippen LogP) is 3.26. The lowest BCUT2D eigenvalue weighted by Gasteiger charge is -2.24.